The maximum Gasteiger partial charge on any atom is 0.251 e. The van der Waals surface area contributed by atoms with E-state index in [2.05, 4.69) is 17.2 Å². The van der Waals surface area contributed by atoms with Gasteiger partial charge in [-0.25, -0.2) is 0 Å². The Balaban J connectivity index is 2.00. The molecule has 0 bridgehead atoms. The molecule has 4 heteroatoms. The van der Waals surface area contributed by atoms with E-state index in [1.165, 1.54) is 12.8 Å². The number of nitrogens with two attached hydrogens (primary N) is 1. The Morgan fingerprint density at radius 2 is 2.30 bits per heavy atom. The van der Waals surface area contributed by atoms with E-state index in [9.17, 15) is 4.79 Å². The van der Waals surface area contributed by atoms with E-state index in [1.54, 1.807) is 18.2 Å². The zero-order valence-electron chi connectivity index (χ0n) is 11.6. The van der Waals surface area contributed by atoms with Crippen molar-refractivity contribution in [1.29, 1.82) is 0 Å². The van der Waals surface area contributed by atoms with Crippen LogP contribution in [0.1, 0.15) is 42.1 Å². The molecule has 20 heavy (non-hydrogen) atoms. The van der Waals surface area contributed by atoms with E-state index in [0.717, 1.165) is 12.3 Å². The number of benzene rings is 1. The van der Waals surface area contributed by atoms with Crippen LogP contribution in [0.4, 0.5) is 0 Å². The summed E-state index contributed by atoms with van der Waals surface area (Å²) >= 11 is 6.12. The second kappa shape index (κ2) is 6.78. The predicted octanol–water partition coefficient (Wildman–Crippen LogP) is 2.57. The number of amides is 1. The number of rotatable bonds is 4. The first-order valence-electron chi connectivity index (χ1n) is 6.89. The Morgan fingerprint density at radius 1 is 1.55 bits per heavy atom. The lowest BCUT2D eigenvalue weighted by Gasteiger charge is -2.13. The van der Waals surface area contributed by atoms with Gasteiger partial charge >= 0.3 is 0 Å². The molecule has 3 N–H and O–H groups in total. The molecule has 1 amide bonds. The van der Waals surface area contributed by atoms with Crippen LogP contribution in [0.25, 0.3) is 0 Å². The summed E-state index contributed by atoms with van der Waals surface area (Å²) in [5.41, 5.74) is 6.58. The molecule has 0 spiro atoms. The van der Waals surface area contributed by atoms with Gasteiger partial charge in [0.15, 0.2) is 0 Å². The highest BCUT2D eigenvalue weighted by Crippen LogP contribution is 2.33. The summed E-state index contributed by atoms with van der Waals surface area (Å²) in [5.74, 6) is 6.33. The van der Waals surface area contributed by atoms with Crippen LogP contribution in [-0.4, -0.2) is 18.5 Å². The lowest BCUT2D eigenvalue weighted by atomic mass is 10.1. The van der Waals surface area contributed by atoms with E-state index in [-0.39, 0.29) is 18.5 Å². The highest BCUT2D eigenvalue weighted by molar-refractivity contribution is 6.32. The Hall–Kier alpha value is -1.50. The first-order chi connectivity index (χ1) is 9.60. The van der Waals surface area contributed by atoms with Crippen molar-refractivity contribution in [3.8, 4) is 11.8 Å². The summed E-state index contributed by atoms with van der Waals surface area (Å²) in [5, 5.41) is 3.48. The smallest absolute Gasteiger partial charge is 0.251 e. The van der Waals surface area contributed by atoms with Crippen molar-refractivity contribution in [2.45, 2.75) is 32.2 Å². The SMILES string of the molecule is CC(CC1CC1)NC(=O)c1ccc(C#CCN)c(Cl)c1. The number of hydrogen-bond acceptors (Lipinski definition) is 2. The molecule has 1 unspecified atom stereocenters. The number of halogens is 1. The van der Waals surface area contributed by atoms with Crippen molar-refractivity contribution in [3.63, 3.8) is 0 Å². The number of nitrogens with one attached hydrogen (secondary N) is 1. The first kappa shape index (κ1) is 14.9. The van der Waals surface area contributed by atoms with E-state index in [4.69, 9.17) is 17.3 Å². The molecule has 0 aromatic heterocycles. The van der Waals surface area contributed by atoms with Crippen molar-refractivity contribution in [2.75, 3.05) is 6.54 Å². The van der Waals surface area contributed by atoms with Crippen LogP contribution >= 0.6 is 11.6 Å². The standard InChI is InChI=1S/C16H19ClN2O/c1-11(9-12-4-5-12)19-16(20)14-7-6-13(3-2-8-18)15(17)10-14/h6-7,10-12H,4-5,8-9,18H2,1H3,(H,19,20). The topological polar surface area (TPSA) is 55.1 Å². The molecule has 0 aliphatic heterocycles. The molecule has 1 aromatic rings. The van der Waals surface area contributed by atoms with Gasteiger partial charge in [-0.2, -0.15) is 0 Å². The normalized spacial score (nSPS) is 15.2. The summed E-state index contributed by atoms with van der Waals surface area (Å²) in [4.78, 5) is 12.1. The molecule has 0 heterocycles. The highest BCUT2D eigenvalue weighted by atomic mass is 35.5. The second-order valence-electron chi connectivity index (χ2n) is 5.25. The third-order valence-corrected chi connectivity index (χ3v) is 3.63. The quantitative estimate of drug-likeness (QED) is 0.838. The van der Waals surface area contributed by atoms with Crippen molar-refractivity contribution in [3.05, 3.63) is 34.3 Å². The van der Waals surface area contributed by atoms with Crippen LogP contribution in [-0.2, 0) is 0 Å². The molecule has 0 saturated heterocycles. The molecule has 0 radical (unpaired) electrons. The number of carbonyl (C=O) groups excluding carboxylic acids is 1. The third kappa shape index (κ3) is 4.26. The predicted molar refractivity (Wildman–Crippen MR) is 81.7 cm³/mol. The lowest BCUT2D eigenvalue weighted by Crippen LogP contribution is -2.32. The average Bonchev–Trinajstić information content (AvgIpc) is 3.20. The maximum atomic E-state index is 12.1. The zero-order chi connectivity index (χ0) is 14.5. The molecule has 1 fully saturated rings. The van der Waals surface area contributed by atoms with Gasteiger partial charge in [0.2, 0.25) is 0 Å². The fourth-order valence-corrected chi connectivity index (χ4v) is 2.35. The van der Waals surface area contributed by atoms with E-state index < -0.39 is 0 Å². The molecule has 2 rings (SSSR count). The molecule has 1 aliphatic rings. The largest absolute Gasteiger partial charge is 0.350 e. The van der Waals surface area contributed by atoms with Gasteiger partial charge in [0.25, 0.3) is 5.91 Å². The molecular weight excluding hydrogens is 272 g/mol. The molecule has 3 nitrogen and oxygen atoms in total. The summed E-state index contributed by atoms with van der Waals surface area (Å²) in [6.07, 6.45) is 3.64. The lowest BCUT2D eigenvalue weighted by molar-refractivity contribution is 0.0937. The van der Waals surface area contributed by atoms with Crippen LogP contribution in [0.3, 0.4) is 0 Å². The van der Waals surface area contributed by atoms with Crippen molar-refractivity contribution >= 4 is 17.5 Å². The van der Waals surface area contributed by atoms with Crippen molar-refractivity contribution in [2.24, 2.45) is 11.7 Å². The summed E-state index contributed by atoms with van der Waals surface area (Å²) < 4.78 is 0. The fraction of sp³-hybridized carbons (Fsp3) is 0.438. The zero-order valence-corrected chi connectivity index (χ0v) is 12.3. The van der Waals surface area contributed by atoms with Crippen molar-refractivity contribution in [1.82, 2.24) is 5.32 Å². The van der Waals surface area contributed by atoms with Gasteiger partial charge in [0.05, 0.1) is 11.6 Å². The summed E-state index contributed by atoms with van der Waals surface area (Å²) in [6, 6.07) is 5.35. The average molecular weight is 291 g/mol. The monoisotopic (exact) mass is 290 g/mol. The summed E-state index contributed by atoms with van der Waals surface area (Å²) in [6.45, 7) is 2.33. The van der Waals surface area contributed by atoms with Gasteiger partial charge in [-0.3, -0.25) is 4.79 Å². The van der Waals surface area contributed by atoms with Gasteiger partial charge < -0.3 is 11.1 Å². The molecule has 106 valence electrons. The van der Waals surface area contributed by atoms with Crippen LogP contribution in [0.5, 0.6) is 0 Å². The minimum absolute atomic E-state index is 0.0848. The molecule has 1 aliphatic carbocycles. The first-order valence-corrected chi connectivity index (χ1v) is 7.27. The highest BCUT2D eigenvalue weighted by Gasteiger charge is 2.24. The Labute approximate surface area is 124 Å². The molecule has 1 aromatic carbocycles. The minimum Gasteiger partial charge on any atom is -0.350 e. The second-order valence-corrected chi connectivity index (χ2v) is 5.66. The van der Waals surface area contributed by atoms with E-state index in [0.29, 0.717) is 16.1 Å². The van der Waals surface area contributed by atoms with Crippen LogP contribution in [0, 0.1) is 17.8 Å². The van der Waals surface area contributed by atoms with Gasteiger partial charge in [-0.15, -0.1) is 0 Å². The van der Waals surface area contributed by atoms with Crippen LogP contribution < -0.4 is 11.1 Å². The van der Waals surface area contributed by atoms with E-state index >= 15 is 0 Å². The minimum atomic E-state index is -0.0848. The fourth-order valence-electron chi connectivity index (χ4n) is 2.12. The Bertz CT molecular complexity index is 555. The molecule has 1 saturated carbocycles. The Kier molecular flexibility index (Phi) is 5.05. The third-order valence-electron chi connectivity index (χ3n) is 3.32. The van der Waals surface area contributed by atoms with Crippen LogP contribution in [0.2, 0.25) is 5.02 Å². The molecule has 1 atom stereocenters. The van der Waals surface area contributed by atoms with Gasteiger partial charge in [-0.1, -0.05) is 36.3 Å². The van der Waals surface area contributed by atoms with Crippen molar-refractivity contribution < 1.29 is 4.79 Å². The van der Waals surface area contributed by atoms with Gasteiger partial charge in [0.1, 0.15) is 0 Å². The number of carbonyl (C=O) groups is 1. The number of hydrogen-bond donors (Lipinski definition) is 2. The maximum absolute atomic E-state index is 12.1. The summed E-state index contributed by atoms with van der Waals surface area (Å²) in [7, 11) is 0. The van der Waals surface area contributed by atoms with Gasteiger partial charge in [0, 0.05) is 17.2 Å². The Morgan fingerprint density at radius 3 is 2.90 bits per heavy atom. The molecular formula is C16H19ClN2O. The van der Waals surface area contributed by atoms with Gasteiger partial charge in [-0.05, 0) is 37.5 Å². The van der Waals surface area contributed by atoms with E-state index in [1.807, 2.05) is 6.92 Å². The van der Waals surface area contributed by atoms with Crippen LogP contribution in [0.15, 0.2) is 18.2 Å².